The molecule has 3 aliphatic carbocycles. The van der Waals surface area contributed by atoms with Crippen LogP contribution >= 0.6 is 0 Å². The third-order valence-corrected chi connectivity index (χ3v) is 4.63. The van der Waals surface area contributed by atoms with Gasteiger partial charge in [0.25, 0.3) is 0 Å². The summed E-state index contributed by atoms with van der Waals surface area (Å²) in [5.74, 6) is 1.03. The van der Waals surface area contributed by atoms with Gasteiger partial charge in [0.15, 0.2) is 0 Å². The monoisotopic (exact) mass is 220 g/mol. The van der Waals surface area contributed by atoms with Crippen LogP contribution in [0.15, 0.2) is 12.2 Å². The molecule has 1 heterocycles. The van der Waals surface area contributed by atoms with Crippen molar-refractivity contribution in [3.63, 3.8) is 0 Å². The summed E-state index contributed by atoms with van der Waals surface area (Å²) in [5.41, 5.74) is 0. The molecule has 7 atom stereocenters. The Labute approximate surface area is 92.6 Å². The van der Waals surface area contributed by atoms with E-state index < -0.39 is 0 Å². The van der Waals surface area contributed by atoms with Crippen molar-refractivity contribution in [2.75, 3.05) is 0 Å². The van der Waals surface area contributed by atoms with Gasteiger partial charge in [0.2, 0.25) is 0 Å². The summed E-state index contributed by atoms with van der Waals surface area (Å²) in [4.78, 5) is 22.7. The Bertz CT molecular complexity index is 427. The molecule has 1 saturated heterocycles. The largest absolute Gasteiger partial charge is 0.458 e. The molecule has 0 spiro atoms. The van der Waals surface area contributed by atoms with E-state index in [1.165, 1.54) is 6.92 Å². The first-order chi connectivity index (χ1) is 7.68. The van der Waals surface area contributed by atoms with Crippen LogP contribution in [0.2, 0.25) is 0 Å². The highest BCUT2D eigenvalue weighted by Gasteiger charge is 2.73. The maximum atomic E-state index is 11.6. The number of hydrogen-bond donors (Lipinski definition) is 0. The highest BCUT2D eigenvalue weighted by Crippen LogP contribution is 2.66. The number of esters is 2. The van der Waals surface area contributed by atoms with Gasteiger partial charge in [0.05, 0.1) is 5.92 Å². The van der Waals surface area contributed by atoms with Crippen LogP contribution in [0.1, 0.15) is 6.92 Å². The van der Waals surface area contributed by atoms with Gasteiger partial charge in [-0.15, -0.1) is 0 Å². The number of hydrogen-bond acceptors (Lipinski definition) is 4. The molecule has 4 rings (SSSR count). The zero-order chi connectivity index (χ0) is 11.0. The van der Waals surface area contributed by atoms with E-state index in [9.17, 15) is 9.59 Å². The molecule has 0 aromatic rings. The predicted octanol–water partition coefficient (Wildman–Crippen LogP) is 0.521. The molecule has 16 heavy (non-hydrogen) atoms. The lowest BCUT2D eigenvalue weighted by molar-refractivity contribution is -0.163. The molecule has 0 aromatic carbocycles. The minimum atomic E-state index is -0.289. The van der Waals surface area contributed by atoms with Crippen LogP contribution in [0.4, 0.5) is 0 Å². The van der Waals surface area contributed by atoms with Crippen LogP contribution in [0.3, 0.4) is 0 Å². The van der Waals surface area contributed by atoms with Gasteiger partial charge in [0, 0.05) is 18.8 Å². The first kappa shape index (κ1) is 8.79. The molecular formula is C12H12O4. The third kappa shape index (κ3) is 0.761. The van der Waals surface area contributed by atoms with Crippen molar-refractivity contribution in [2.45, 2.75) is 19.1 Å². The lowest BCUT2D eigenvalue weighted by Gasteiger charge is -2.40. The van der Waals surface area contributed by atoms with Crippen molar-refractivity contribution in [3.8, 4) is 0 Å². The summed E-state index contributed by atoms with van der Waals surface area (Å²) >= 11 is 0. The Morgan fingerprint density at radius 3 is 2.81 bits per heavy atom. The Morgan fingerprint density at radius 1 is 1.31 bits per heavy atom. The molecule has 4 heteroatoms. The third-order valence-electron chi connectivity index (χ3n) is 4.63. The minimum Gasteiger partial charge on any atom is -0.458 e. The molecule has 2 saturated carbocycles. The fourth-order valence-electron chi connectivity index (χ4n) is 4.19. The highest BCUT2D eigenvalue weighted by molar-refractivity contribution is 5.79. The van der Waals surface area contributed by atoms with Crippen molar-refractivity contribution in [1.29, 1.82) is 0 Å². The summed E-state index contributed by atoms with van der Waals surface area (Å²) in [6, 6.07) is 0. The van der Waals surface area contributed by atoms with E-state index in [0.717, 1.165) is 0 Å². The van der Waals surface area contributed by atoms with Gasteiger partial charge in [0.1, 0.15) is 12.2 Å². The number of carbonyl (C=O) groups is 2. The summed E-state index contributed by atoms with van der Waals surface area (Å²) < 4.78 is 10.7. The number of carbonyl (C=O) groups excluding carboxylic acids is 2. The second-order valence-corrected chi connectivity index (χ2v) is 5.20. The first-order valence-corrected chi connectivity index (χ1v) is 5.74. The van der Waals surface area contributed by atoms with Gasteiger partial charge in [-0.1, -0.05) is 12.2 Å². The average Bonchev–Trinajstić information content (AvgIpc) is 2.69. The molecule has 0 radical (unpaired) electrons. The van der Waals surface area contributed by atoms with Gasteiger partial charge in [-0.05, 0) is 11.8 Å². The minimum absolute atomic E-state index is 0.0387. The van der Waals surface area contributed by atoms with E-state index in [-0.39, 0.29) is 36.0 Å². The molecule has 4 aliphatic rings. The van der Waals surface area contributed by atoms with Crippen molar-refractivity contribution in [1.82, 2.24) is 0 Å². The predicted molar refractivity (Wildman–Crippen MR) is 52.0 cm³/mol. The quantitative estimate of drug-likeness (QED) is 0.477. The van der Waals surface area contributed by atoms with Crippen LogP contribution in [-0.2, 0) is 19.1 Å². The van der Waals surface area contributed by atoms with Crippen molar-refractivity contribution < 1.29 is 19.1 Å². The number of ether oxygens (including phenoxy) is 2. The van der Waals surface area contributed by atoms with Gasteiger partial charge >= 0.3 is 11.9 Å². The molecule has 1 aliphatic heterocycles. The number of fused-ring (bicyclic) bond motifs is 1. The summed E-state index contributed by atoms with van der Waals surface area (Å²) in [7, 11) is 0. The highest BCUT2D eigenvalue weighted by atomic mass is 16.6. The second-order valence-electron chi connectivity index (χ2n) is 5.20. The fraction of sp³-hybridized carbons (Fsp3) is 0.667. The topological polar surface area (TPSA) is 52.6 Å². The van der Waals surface area contributed by atoms with Crippen LogP contribution in [-0.4, -0.2) is 24.1 Å². The molecule has 84 valence electrons. The maximum Gasteiger partial charge on any atom is 0.310 e. The van der Waals surface area contributed by atoms with Crippen molar-refractivity contribution in [2.24, 2.45) is 29.6 Å². The maximum absolute atomic E-state index is 11.6. The summed E-state index contributed by atoms with van der Waals surface area (Å²) in [6.07, 6.45) is 3.79. The van der Waals surface area contributed by atoms with E-state index >= 15 is 0 Å². The SMILES string of the molecule is CC(=O)O[C@@H]1[C@@H]2C=C[C@H]3[C@H]4C(=O)O[C@@H]1[C@H]4[C@@H]23. The summed E-state index contributed by atoms with van der Waals surface area (Å²) in [6.45, 7) is 1.41. The Balaban J connectivity index is 1.73. The van der Waals surface area contributed by atoms with Crippen molar-refractivity contribution >= 4 is 11.9 Å². The van der Waals surface area contributed by atoms with Gasteiger partial charge in [-0.25, -0.2) is 0 Å². The average molecular weight is 220 g/mol. The van der Waals surface area contributed by atoms with Gasteiger partial charge in [-0.3, -0.25) is 9.59 Å². The smallest absolute Gasteiger partial charge is 0.310 e. The van der Waals surface area contributed by atoms with Crippen LogP contribution in [0.5, 0.6) is 0 Å². The fourth-order valence-corrected chi connectivity index (χ4v) is 4.19. The molecule has 0 N–H and O–H groups in total. The molecule has 0 bridgehead atoms. The number of allylic oxidation sites excluding steroid dienone is 1. The Morgan fingerprint density at radius 2 is 2.06 bits per heavy atom. The number of rotatable bonds is 1. The van der Waals surface area contributed by atoms with Crippen LogP contribution in [0, 0.1) is 29.6 Å². The van der Waals surface area contributed by atoms with E-state index in [1.807, 2.05) is 0 Å². The molecular weight excluding hydrogens is 208 g/mol. The normalized spacial score (nSPS) is 54.6. The van der Waals surface area contributed by atoms with E-state index in [4.69, 9.17) is 9.47 Å². The van der Waals surface area contributed by atoms with Gasteiger partial charge in [-0.2, -0.15) is 0 Å². The zero-order valence-electron chi connectivity index (χ0n) is 8.83. The van der Waals surface area contributed by atoms with Crippen LogP contribution in [0.25, 0.3) is 0 Å². The molecule has 0 unspecified atom stereocenters. The molecule has 3 fully saturated rings. The van der Waals surface area contributed by atoms with E-state index in [2.05, 4.69) is 12.2 Å². The summed E-state index contributed by atoms with van der Waals surface area (Å²) in [5, 5.41) is 0. The molecule has 4 nitrogen and oxygen atoms in total. The standard InChI is InChI=1S/C12H12O4/c1-4(13)15-10-6-3-2-5-7(6)9-8(5)12(14)16-11(9)10/h2-3,5-11H,1H3/t5-,6-,7-,8-,9+,10-,11-/m1/s1. The Hall–Kier alpha value is -1.32. The lowest BCUT2D eigenvalue weighted by atomic mass is 9.59. The van der Waals surface area contributed by atoms with Gasteiger partial charge < -0.3 is 9.47 Å². The Kier molecular flexibility index (Phi) is 1.37. The van der Waals surface area contributed by atoms with Crippen molar-refractivity contribution in [3.05, 3.63) is 12.2 Å². The van der Waals surface area contributed by atoms with E-state index in [1.54, 1.807) is 0 Å². The zero-order valence-corrected chi connectivity index (χ0v) is 8.83. The van der Waals surface area contributed by atoms with Crippen LogP contribution < -0.4 is 0 Å². The lowest BCUT2D eigenvalue weighted by Crippen LogP contribution is -2.44. The molecule has 0 aromatic heterocycles. The van der Waals surface area contributed by atoms with E-state index in [0.29, 0.717) is 17.8 Å². The second kappa shape index (κ2) is 2.50. The first-order valence-electron chi connectivity index (χ1n) is 5.74. The molecule has 0 amide bonds.